The van der Waals surface area contributed by atoms with Crippen LogP contribution in [0.25, 0.3) is 11.1 Å². The largest absolute Gasteiger partial charge is 0.496 e. The van der Waals surface area contributed by atoms with Gasteiger partial charge in [-0.25, -0.2) is 0 Å². The Balaban J connectivity index is 2.24. The summed E-state index contributed by atoms with van der Waals surface area (Å²) < 4.78 is 5.42. The highest BCUT2D eigenvalue weighted by atomic mass is 16.5. The van der Waals surface area contributed by atoms with Gasteiger partial charge in [0.05, 0.1) is 13.5 Å². The van der Waals surface area contributed by atoms with Crippen LogP contribution in [0, 0.1) is 0 Å². The van der Waals surface area contributed by atoms with Crippen LogP contribution in [0.2, 0.25) is 0 Å². The smallest absolute Gasteiger partial charge is 0.304 e. The fourth-order valence-electron chi connectivity index (χ4n) is 2.89. The van der Waals surface area contributed by atoms with Crippen molar-refractivity contribution < 1.29 is 14.6 Å². The van der Waals surface area contributed by atoms with Crippen molar-refractivity contribution in [3.8, 4) is 16.9 Å². The maximum atomic E-state index is 11.1. The summed E-state index contributed by atoms with van der Waals surface area (Å²) in [5.74, 6) is -0.0629. The van der Waals surface area contributed by atoms with Crippen LogP contribution in [-0.4, -0.2) is 18.2 Å². The molecular weight excluding hydrogens is 240 g/mol. The van der Waals surface area contributed by atoms with Gasteiger partial charge in [-0.1, -0.05) is 36.4 Å². The number of hydrogen-bond acceptors (Lipinski definition) is 2. The number of methoxy groups -OCH3 is 1. The van der Waals surface area contributed by atoms with Gasteiger partial charge in [0.25, 0.3) is 0 Å². The zero-order valence-electron chi connectivity index (χ0n) is 10.6. The number of benzene rings is 2. The lowest BCUT2D eigenvalue weighted by molar-refractivity contribution is -0.137. The number of carbonyl (C=O) groups is 1. The summed E-state index contributed by atoms with van der Waals surface area (Å²) in [4.78, 5) is 11.1. The summed E-state index contributed by atoms with van der Waals surface area (Å²) >= 11 is 0. The number of hydrogen-bond donors (Lipinski definition) is 1. The molecule has 3 rings (SSSR count). The van der Waals surface area contributed by atoms with E-state index < -0.39 is 5.97 Å². The van der Waals surface area contributed by atoms with E-state index in [-0.39, 0.29) is 12.3 Å². The minimum Gasteiger partial charge on any atom is -0.496 e. The zero-order valence-corrected chi connectivity index (χ0v) is 10.6. The highest BCUT2D eigenvalue weighted by Crippen LogP contribution is 2.49. The van der Waals surface area contributed by atoms with Gasteiger partial charge < -0.3 is 9.84 Å². The van der Waals surface area contributed by atoms with Crippen molar-refractivity contribution in [1.82, 2.24) is 0 Å². The fraction of sp³-hybridized carbons (Fsp3) is 0.188. The second-order valence-corrected chi connectivity index (χ2v) is 4.66. The van der Waals surface area contributed by atoms with E-state index in [0.29, 0.717) is 0 Å². The lowest BCUT2D eigenvalue weighted by atomic mass is 9.94. The highest BCUT2D eigenvalue weighted by Gasteiger charge is 2.31. The van der Waals surface area contributed by atoms with Crippen LogP contribution in [-0.2, 0) is 4.79 Å². The Labute approximate surface area is 111 Å². The van der Waals surface area contributed by atoms with Gasteiger partial charge in [0.15, 0.2) is 0 Å². The summed E-state index contributed by atoms with van der Waals surface area (Å²) in [6.07, 6.45) is 0.108. The first-order valence-corrected chi connectivity index (χ1v) is 6.20. The molecule has 1 unspecified atom stereocenters. The SMILES string of the molecule is COc1cccc2c1-c1ccccc1C2CC(=O)O. The van der Waals surface area contributed by atoms with Gasteiger partial charge in [-0.05, 0) is 22.8 Å². The van der Waals surface area contributed by atoms with Crippen molar-refractivity contribution >= 4 is 5.97 Å². The third kappa shape index (κ3) is 1.78. The zero-order chi connectivity index (χ0) is 13.4. The van der Waals surface area contributed by atoms with Crippen molar-refractivity contribution in [3.05, 3.63) is 53.6 Å². The van der Waals surface area contributed by atoms with Crippen molar-refractivity contribution in [3.63, 3.8) is 0 Å². The predicted octanol–water partition coefficient (Wildman–Crippen LogP) is 3.28. The Morgan fingerprint density at radius 3 is 2.63 bits per heavy atom. The molecule has 3 nitrogen and oxygen atoms in total. The van der Waals surface area contributed by atoms with Gasteiger partial charge in [-0.15, -0.1) is 0 Å². The van der Waals surface area contributed by atoms with Gasteiger partial charge in [0.2, 0.25) is 0 Å². The minimum atomic E-state index is -0.782. The van der Waals surface area contributed by atoms with Crippen molar-refractivity contribution in [1.29, 1.82) is 0 Å². The number of fused-ring (bicyclic) bond motifs is 3. The molecular formula is C16H14O3. The van der Waals surface area contributed by atoms with E-state index in [1.165, 1.54) is 0 Å². The highest BCUT2D eigenvalue weighted by molar-refractivity contribution is 5.85. The summed E-state index contributed by atoms with van der Waals surface area (Å²) in [6, 6.07) is 13.8. The van der Waals surface area contributed by atoms with Crippen molar-refractivity contribution in [2.75, 3.05) is 7.11 Å². The standard InChI is InChI=1S/C16H14O3/c1-19-14-8-4-7-12-13(9-15(17)18)10-5-2-3-6-11(10)16(12)14/h2-8,13H,9H2,1H3,(H,17,18). The van der Waals surface area contributed by atoms with E-state index in [4.69, 9.17) is 9.84 Å². The second kappa shape index (κ2) is 4.43. The van der Waals surface area contributed by atoms with Crippen molar-refractivity contribution in [2.24, 2.45) is 0 Å². The molecule has 19 heavy (non-hydrogen) atoms. The van der Waals surface area contributed by atoms with Crippen LogP contribution in [0.4, 0.5) is 0 Å². The molecule has 2 aromatic rings. The quantitative estimate of drug-likeness (QED) is 0.914. The fourth-order valence-corrected chi connectivity index (χ4v) is 2.89. The lowest BCUT2D eigenvalue weighted by Crippen LogP contribution is -2.05. The van der Waals surface area contributed by atoms with E-state index in [0.717, 1.165) is 28.0 Å². The van der Waals surface area contributed by atoms with Crippen LogP contribution in [0.3, 0.4) is 0 Å². The summed E-state index contributed by atoms with van der Waals surface area (Å²) in [5, 5.41) is 9.12. The van der Waals surface area contributed by atoms with E-state index in [1.807, 2.05) is 42.5 Å². The molecule has 96 valence electrons. The van der Waals surface area contributed by atoms with Crippen molar-refractivity contribution in [2.45, 2.75) is 12.3 Å². The van der Waals surface area contributed by atoms with Crippen LogP contribution in [0.5, 0.6) is 5.75 Å². The monoisotopic (exact) mass is 254 g/mol. The van der Waals surface area contributed by atoms with Gasteiger partial charge >= 0.3 is 5.97 Å². The normalized spacial score (nSPS) is 15.7. The molecule has 2 aromatic carbocycles. The van der Waals surface area contributed by atoms with Gasteiger partial charge in [0, 0.05) is 11.5 Å². The molecule has 0 amide bonds. The minimum absolute atomic E-state index is 0.0844. The summed E-state index contributed by atoms with van der Waals surface area (Å²) in [6.45, 7) is 0. The third-order valence-corrected chi connectivity index (χ3v) is 3.64. The molecule has 0 bridgehead atoms. The lowest BCUT2D eigenvalue weighted by Gasteiger charge is -2.11. The molecule has 1 aliphatic rings. The molecule has 0 fully saturated rings. The average Bonchev–Trinajstić information content (AvgIpc) is 2.73. The van der Waals surface area contributed by atoms with E-state index in [9.17, 15) is 4.79 Å². The number of aliphatic carboxylic acids is 1. The van der Waals surface area contributed by atoms with Crippen LogP contribution < -0.4 is 4.74 Å². The van der Waals surface area contributed by atoms with Crippen LogP contribution in [0.15, 0.2) is 42.5 Å². The van der Waals surface area contributed by atoms with E-state index in [1.54, 1.807) is 7.11 Å². The van der Waals surface area contributed by atoms with E-state index in [2.05, 4.69) is 0 Å². The van der Waals surface area contributed by atoms with E-state index >= 15 is 0 Å². The Morgan fingerprint density at radius 1 is 1.16 bits per heavy atom. The molecule has 0 aromatic heterocycles. The number of ether oxygens (including phenoxy) is 1. The maximum Gasteiger partial charge on any atom is 0.304 e. The number of carboxylic acids is 1. The number of carboxylic acid groups (broad SMARTS) is 1. The Kier molecular flexibility index (Phi) is 2.75. The maximum absolute atomic E-state index is 11.1. The predicted molar refractivity (Wildman–Crippen MR) is 72.5 cm³/mol. The molecule has 0 spiro atoms. The first-order valence-electron chi connectivity index (χ1n) is 6.20. The molecule has 1 atom stereocenters. The molecule has 0 heterocycles. The number of rotatable bonds is 3. The molecule has 1 N–H and O–H groups in total. The Morgan fingerprint density at radius 2 is 1.89 bits per heavy atom. The summed E-state index contributed by atoms with van der Waals surface area (Å²) in [7, 11) is 1.64. The molecule has 0 saturated carbocycles. The Bertz CT molecular complexity index is 646. The van der Waals surface area contributed by atoms with Crippen LogP contribution in [0.1, 0.15) is 23.5 Å². The second-order valence-electron chi connectivity index (χ2n) is 4.66. The molecule has 1 aliphatic carbocycles. The molecule has 0 saturated heterocycles. The van der Waals surface area contributed by atoms with Gasteiger partial charge in [0.1, 0.15) is 5.75 Å². The molecule has 3 heteroatoms. The third-order valence-electron chi connectivity index (χ3n) is 3.64. The summed E-state index contributed by atoms with van der Waals surface area (Å²) in [5.41, 5.74) is 4.24. The first-order chi connectivity index (χ1) is 9.22. The topological polar surface area (TPSA) is 46.5 Å². The van der Waals surface area contributed by atoms with Gasteiger partial charge in [-0.2, -0.15) is 0 Å². The molecule has 0 radical (unpaired) electrons. The first kappa shape index (κ1) is 11.8. The Hall–Kier alpha value is -2.29. The average molecular weight is 254 g/mol. The molecule has 0 aliphatic heterocycles. The van der Waals surface area contributed by atoms with Crippen LogP contribution >= 0.6 is 0 Å². The van der Waals surface area contributed by atoms with Gasteiger partial charge in [-0.3, -0.25) is 4.79 Å².